The summed E-state index contributed by atoms with van der Waals surface area (Å²) >= 11 is 1.35. The van der Waals surface area contributed by atoms with E-state index in [9.17, 15) is 9.18 Å². The number of fused-ring (bicyclic) bond motifs is 1. The molecule has 0 spiro atoms. The average molecular weight is 267 g/mol. The van der Waals surface area contributed by atoms with Gasteiger partial charge in [0.05, 0.1) is 4.88 Å². The van der Waals surface area contributed by atoms with Gasteiger partial charge in [0.1, 0.15) is 5.82 Å². The second-order valence-corrected chi connectivity index (χ2v) is 5.06. The number of thiophene rings is 1. The number of aliphatic hydroxyl groups excluding tert-OH is 1. The Labute approximate surface area is 108 Å². The van der Waals surface area contributed by atoms with Gasteiger partial charge in [0.25, 0.3) is 5.91 Å². The van der Waals surface area contributed by atoms with Crippen LogP contribution in [0.25, 0.3) is 10.1 Å². The Hall–Kier alpha value is -1.46. The van der Waals surface area contributed by atoms with Crippen LogP contribution >= 0.6 is 11.3 Å². The van der Waals surface area contributed by atoms with Crippen molar-refractivity contribution in [1.29, 1.82) is 0 Å². The second-order valence-electron chi connectivity index (χ2n) is 3.98. The van der Waals surface area contributed by atoms with Crippen molar-refractivity contribution in [2.24, 2.45) is 0 Å². The summed E-state index contributed by atoms with van der Waals surface area (Å²) in [5.74, 6) is -0.440. The molecular formula is C13H14FNO2S. The zero-order valence-electron chi connectivity index (χ0n) is 9.78. The van der Waals surface area contributed by atoms with Crippen LogP contribution in [0.3, 0.4) is 0 Å². The van der Waals surface area contributed by atoms with Crippen LogP contribution in [0.15, 0.2) is 24.3 Å². The molecule has 96 valence electrons. The Kier molecular flexibility index (Phi) is 4.28. The third kappa shape index (κ3) is 3.05. The quantitative estimate of drug-likeness (QED) is 0.818. The van der Waals surface area contributed by atoms with Crippen molar-refractivity contribution in [3.05, 3.63) is 35.0 Å². The van der Waals surface area contributed by atoms with Crippen molar-refractivity contribution in [2.75, 3.05) is 13.2 Å². The van der Waals surface area contributed by atoms with Crippen molar-refractivity contribution in [3.63, 3.8) is 0 Å². The maximum absolute atomic E-state index is 13.0. The predicted molar refractivity (Wildman–Crippen MR) is 70.4 cm³/mol. The van der Waals surface area contributed by atoms with E-state index in [4.69, 9.17) is 5.11 Å². The minimum atomic E-state index is -0.296. The fourth-order valence-electron chi connectivity index (χ4n) is 1.65. The number of amides is 1. The van der Waals surface area contributed by atoms with Crippen LogP contribution in [-0.2, 0) is 0 Å². The monoisotopic (exact) mass is 267 g/mol. The molecule has 2 aromatic rings. The van der Waals surface area contributed by atoms with Crippen molar-refractivity contribution >= 4 is 27.3 Å². The summed E-state index contributed by atoms with van der Waals surface area (Å²) in [4.78, 5) is 12.4. The van der Waals surface area contributed by atoms with Gasteiger partial charge in [-0.2, -0.15) is 0 Å². The Bertz CT molecular complexity index is 553. The minimum Gasteiger partial charge on any atom is -0.396 e. The summed E-state index contributed by atoms with van der Waals surface area (Å²) in [6.07, 6.45) is 1.43. The van der Waals surface area contributed by atoms with Crippen molar-refractivity contribution in [2.45, 2.75) is 12.8 Å². The van der Waals surface area contributed by atoms with E-state index in [2.05, 4.69) is 5.32 Å². The number of hydrogen-bond acceptors (Lipinski definition) is 3. The van der Waals surface area contributed by atoms with Crippen LogP contribution in [-0.4, -0.2) is 24.2 Å². The van der Waals surface area contributed by atoms with Gasteiger partial charge >= 0.3 is 0 Å². The topological polar surface area (TPSA) is 49.3 Å². The maximum atomic E-state index is 13.0. The van der Waals surface area contributed by atoms with E-state index >= 15 is 0 Å². The predicted octanol–water partition coefficient (Wildman–Crippen LogP) is 2.54. The molecule has 18 heavy (non-hydrogen) atoms. The van der Waals surface area contributed by atoms with Crippen molar-refractivity contribution < 1.29 is 14.3 Å². The molecule has 0 saturated carbocycles. The van der Waals surface area contributed by atoms with Crippen LogP contribution in [0.4, 0.5) is 4.39 Å². The molecule has 5 heteroatoms. The third-order valence-corrected chi connectivity index (χ3v) is 3.69. The molecule has 1 heterocycles. The minimum absolute atomic E-state index is 0.137. The molecule has 0 atom stereocenters. The number of hydrogen-bond donors (Lipinski definition) is 2. The van der Waals surface area contributed by atoms with Gasteiger partial charge in [-0.15, -0.1) is 11.3 Å². The molecule has 1 aromatic carbocycles. The van der Waals surface area contributed by atoms with Gasteiger partial charge in [0.15, 0.2) is 0 Å². The fraction of sp³-hybridized carbons (Fsp3) is 0.308. The summed E-state index contributed by atoms with van der Waals surface area (Å²) in [5, 5.41) is 12.2. The molecule has 1 amide bonds. The highest BCUT2D eigenvalue weighted by molar-refractivity contribution is 7.20. The van der Waals surface area contributed by atoms with Gasteiger partial charge < -0.3 is 10.4 Å². The van der Waals surface area contributed by atoms with Gasteiger partial charge in [-0.25, -0.2) is 4.39 Å². The Balaban J connectivity index is 2.04. The summed E-state index contributed by atoms with van der Waals surface area (Å²) in [7, 11) is 0. The summed E-state index contributed by atoms with van der Waals surface area (Å²) in [6, 6.07) is 6.19. The van der Waals surface area contributed by atoms with Crippen molar-refractivity contribution in [3.8, 4) is 0 Å². The largest absolute Gasteiger partial charge is 0.396 e. The normalized spacial score (nSPS) is 10.8. The SMILES string of the molecule is O=C(NCCCCO)c1cc2cc(F)ccc2s1. The van der Waals surface area contributed by atoms with Crippen LogP contribution in [0.5, 0.6) is 0 Å². The highest BCUT2D eigenvalue weighted by Gasteiger charge is 2.09. The first-order valence-electron chi connectivity index (χ1n) is 5.79. The lowest BCUT2D eigenvalue weighted by atomic mass is 10.2. The first kappa shape index (κ1) is 13.0. The van der Waals surface area contributed by atoms with Crippen LogP contribution in [0.2, 0.25) is 0 Å². The second kappa shape index (κ2) is 5.93. The Morgan fingerprint density at radius 2 is 2.17 bits per heavy atom. The molecule has 0 aliphatic carbocycles. The molecule has 1 aromatic heterocycles. The van der Waals surface area contributed by atoms with Gasteiger partial charge in [-0.05, 0) is 42.5 Å². The molecule has 0 saturated heterocycles. The average Bonchev–Trinajstić information content (AvgIpc) is 2.77. The molecule has 0 aliphatic heterocycles. The zero-order valence-corrected chi connectivity index (χ0v) is 10.6. The summed E-state index contributed by atoms with van der Waals surface area (Å²) in [6.45, 7) is 0.681. The number of carbonyl (C=O) groups is 1. The van der Waals surface area contributed by atoms with E-state index in [1.165, 1.54) is 23.5 Å². The molecule has 3 nitrogen and oxygen atoms in total. The van der Waals surface area contributed by atoms with E-state index < -0.39 is 0 Å². The van der Waals surface area contributed by atoms with Gasteiger partial charge in [0, 0.05) is 17.9 Å². The lowest BCUT2D eigenvalue weighted by Crippen LogP contribution is -2.23. The van der Waals surface area contributed by atoms with E-state index in [-0.39, 0.29) is 18.3 Å². The third-order valence-electron chi connectivity index (χ3n) is 2.57. The molecule has 0 aliphatic rings. The number of rotatable bonds is 5. The highest BCUT2D eigenvalue weighted by atomic mass is 32.1. The highest BCUT2D eigenvalue weighted by Crippen LogP contribution is 2.26. The van der Waals surface area contributed by atoms with E-state index in [0.717, 1.165) is 16.5 Å². The zero-order chi connectivity index (χ0) is 13.0. The first-order valence-corrected chi connectivity index (χ1v) is 6.60. The fourth-order valence-corrected chi connectivity index (χ4v) is 2.61. The van der Waals surface area contributed by atoms with Crippen LogP contribution < -0.4 is 5.32 Å². The number of carbonyl (C=O) groups excluding carboxylic acids is 1. The summed E-state index contributed by atoms with van der Waals surface area (Å²) in [5.41, 5.74) is 0. The maximum Gasteiger partial charge on any atom is 0.261 e. The number of benzene rings is 1. The van der Waals surface area contributed by atoms with Crippen LogP contribution in [0.1, 0.15) is 22.5 Å². The lowest BCUT2D eigenvalue weighted by molar-refractivity contribution is 0.0956. The smallest absolute Gasteiger partial charge is 0.261 e. The van der Waals surface area contributed by atoms with Crippen molar-refractivity contribution in [1.82, 2.24) is 5.32 Å². The number of unbranched alkanes of at least 4 members (excludes halogenated alkanes) is 1. The van der Waals surface area contributed by atoms with E-state index in [1.807, 2.05) is 0 Å². The van der Waals surface area contributed by atoms with Crippen LogP contribution in [0, 0.1) is 5.82 Å². The Morgan fingerprint density at radius 3 is 2.94 bits per heavy atom. The number of aliphatic hydroxyl groups is 1. The first-order chi connectivity index (χ1) is 8.70. The number of halogens is 1. The Morgan fingerprint density at radius 1 is 1.33 bits per heavy atom. The lowest BCUT2D eigenvalue weighted by Gasteiger charge is -2.01. The standard InChI is InChI=1S/C13H14FNO2S/c14-10-3-4-11-9(7-10)8-12(18-11)13(17)15-5-1-2-6-16/h3-4,7-8,16H,1-2,5-6H2,(H,15,17). The van der Waals surface area contributed by atoms with E-state index in [0.29, 0.717) is 17.8 Å². The number of nitrogens with one attached hydrogen (secondary N) is 1. The van der Waals surface area contributed by atoms with Gasteiger partial charge in [0.2, 0.25) is 0 Å². The molecule has 2 rings (SSSR count). The molecule has 0 unspecified atom stereocenters. The van der Waals surface area contributed by atoms with Gasteiger partial charge in [-0.1, -0.05) is 0 Å². The van der Waals surface area contributed by atoms with Gasteiger partial charge in [-0.3, -0.25) is 4.79 Å². The molecule has 0 bridgehead atoms. The molecule has 0 fully saturated rings. The van der Waals surface area contributed by atoms with E-state index in [1.54, 1.807) is 12.1 Å². The summed E-state index contributed by atoms with van der Waals surface area (Å²) < 4.78 is 13.9. The molecule has 0 radical (unpaired) electrons. The molecular weight excluding hydrogens is 253 g/mol. The molecule has 2 N–H and O–H groups in total.